The lowest BCUT2D eigenvalue weighted by atomic mass is 9.77. The van der Waals surface area contributed by atoms with Crippen molar-refractivity contribution in [2.75, 3.05) is 25.5 Å². The Labute approximate surface area is 140 Å². The molecule has 1 aromatic carbocycles. The lowest BCUT2D eigenvalue weighted by molar-refractivity contribution is -0.145. The molecule has 0 radical (unpaired) electrons. The number of aliphatic carboxylic acids is 1. The quantitative estimate of drug-likeness (QED) is 0.861. The average molecular weight is 331 g/mol. The number of carboxylic acid groups (broad SMARTS) is 1. The molecular weight excluding hydrogens is 310 g/mol. The highest BCUT2D eigenvalue weighted by Gasteiger charge is 2.55. The van der Waals surface area contributed by atoms with Crippen LogP contribution in [0.4, 0.5) is 10.5 Å². The first-order valence-corrected chi connectivity index (χ1v) is 8.04. The van der Waals surface area contributed by atoms with Gasteiger partial charge in [0.25, 0.3) is 0 Å². The molecule has 0 aliphatic carbocycles. The number of nitrogens with zero attached hydrogens (tertiary/aromatic N) is 2. The van der Waals surface area contributed by atoms with Crippen molar-refractivity contribution in [1.82, 2.24) is 9.80 Å². The number of amides is 3. The van der Waals surface area contributed by atoms with E-state index in [9.17, 15) is 19.5 Å². The Bertz CT molecular complexity index is 653. The van der Waals surface area contributed by atoms with E-state index in [1.807, 2.05) is 30.3 Å². The Balaban J connectivity index is 1.67. The molecule has 0 saturated carbocycles. The summed E-state index contributed by atoms with van der Waals surface area (Å²) >= 11 is 0. The Morgan fingerprint density at radius 1 is 1.21 bits per heavy atom. The summed E-state index contributed by atoms with van der Waals surface area (Å²) in [5.74, 6) is -1.77. The third-order valence-corrected chi connectivity index (χ3v) is 5.31. The average Bonchev–Trinajstić information content (AvgIpc) is 2.82. The zero-order valence-electron chi connectivity index (χ0n) is 13.6. The van der Waals surface area contributed by atoms with Crippen LogP contribution in [0.15, 0.2) is 30.3 Å². The molecule has 7 heteroatoms. The molecule has 128 valence electrons. The molecule has 0 bridgehead atoms. The standard InChI is InChI=1S/C17H21N3O4/c1-19-14(21)11-13(15(22)23)17(19)7-9-20(10-8-17)16(24)18-12-5-3-2-4-6-12/h2-6,13H,7-11H2,1H3,(H,18,24)(H,22,23). The van der Waals surface area contributed by atoms with Crippen LogP contribution in [0, 0.1) is 5.92 Å². The summed E-state index contributed by atoms with van der Waals surface area (Å²) in [4.78, 5) is 39.1. The van der Waals surface area contributed by atoms with Gasteiger partial charge in [0.05, 0.1) is 11.5 Å². The van der Waals surface area contributed by atoms with Gasteiger partial charge < -0.3 is 20.2 Å². The van der Waals surface area contributed by atoms with Gasteiger partial charge in [-0.3, -0.25) is 9.59 Å². The first kappa shape index (κ1) is 16.3. The molecule has 1 atom stereocenters. The molecule has 2 heterocycles. The van der Waals surface area contributed by atoms with Gasteiger partial charge in [0, 0.05) is 32.2 Å². The molecule has 3 rings (SSSR count). The Morgan fingerprint density at radius 3 is 2.42 bits per heavy atom. The maximum Gasteiger partial charge on any atom is 0.321 e. The third kappa shape index (κ3) is 2.70. The van der Waals surface area contributed by atoms with Gasteiger partial charge in [0.1, 0.15) is 0 Å². The first-order chi connectivity index (χ1) is 11.4. The minimum atomic E-state index is -0.935. The monoisotopic (exact) mass is 331 g/mol. The molecular formula is C17H21N3O4. The van der Waals surface area contributed by atoms with E-state index in [4.69, 9.17) is 0 Å². The van der Waals surface area contributed by atoms with Gasteiger partial charge >= 0.3 is 12.0 Å². The first-order valence-electron chi connectivity index (χ1n) is 8.04. The number of carboxylic acids is 1. The van der Waals surface area contributed by atoms with E-state index in [1.54, 1.807) is 16.8 Å². The summed E-state index contributed by atoms with van der Waals surface area (Å²) in [6.45, 7) is 0.861. The summed E-state index contributed by atoms with van der Waals surface area (Å²) in [6.07, 6.45) is 1.00. The molecule has 2 saturated heterocycles. The highest BCUT2D eigenvalue weighted by atomic mass is 16.4. The molecule has 0 aromatic heterocycles. The highest BCUT2D eigenvalue weighted by molar-refractivity contribution is 5.90. The fraction of sp³-hybridized carbons (Fsp3) is 0.471. The second kappa shape index (κ2) is 6.14. The van der Waals surface area contributed by atoms with E-state index in [2.05, 4.69) is 5.32 Å². The predicted octanol–water partition coefficient (Wildman–Crippen LogP) is 1.62. The van der Waals surface area contributed by atoms with Crippen LogP contribution in [0.1, 0.15) is 19.3 Å². The molecule has 1 spiro atoms. The SMILES string of the molecule is CN1C(=O)CC(C(=O)O)C12CCN(C(=O)Nc1ccccc1)CC2. The molecule has 24 heavy (non-hydrogen) atoms. The van der Waals surface area contributed by atoms with E-state index in [0.29, 0.717) is 25.9 Å². The van der Waals surface area contributed by atoms with Crippen molar-refractivity contribution in [2.45, 2.75) is 24.8 Å². The van der Waals surface area contributed by atoms with Crippen molar-refractivity contribution < 1.29 is 19.5 Å². The van der Waals surface area contributed by atoms with Gasteiger partial charge in [-0.25, -0.2) is 4.79 Å². The number of hydrogen-bond donors (Lipinski definition) is 2. The normalized spacial score (nSPS) is 22.7. The molecule has 2 fully saturated rings. The number of carbonyl (C=O) groups is 3. The number of carbonyl (C=O) groups excluding carboxylic acids is 2. The number of hydrogen-bond acceptors (Lipinski definition) is 3. The van der Waals surface area contributed by atoms with Crippen molar-refractivity contribution in [3.63, 3.8) is 0 Å². The highest BCUT2D eigenvalue weighted by Crippen LogP contribution is 2.42. The lowest BCUT2D eigenvalue weighted by Crippen LogP contribution is -2.57. The molecule has 2 aliphatic rings. The third-order valence-electron chi connectivity index (χ3n) is 5.31. The summed E-state index contributed by atoms with van der Waals surface area (Å²) < 4.78 is 0. The summed E-state index contributed by atoms with van der Waals surface area (Å²) in [5.41, 5.74) is 0.0475. The molecule has 2 N–H and O–H groups in total. The van der Waals surface area contributed by atoms with Crippen LogP contribution >= 0.6 is 0 Å². The maximum absolute atomic E-state index is 12.4. The van der Waals surface area contributed by atoms with Gasteiger partial charge in [-0.05, 0) is 25.0 Å². The van der Waals surface area contributed by atoms with E-state index < -0.39 is 17.4 Å². The van der Waals surface area contributed by atoms with Crippen LogP contribution in [-0.2, 0) is 9.59 Å². The lowest BCUT2D eigenvalue weighted by Gasteiger charge is -2.45. The summed E-state index contributed by atoms with van der Waals surface area (Å²) in [6, 6.07) is 8.99. The Hall–Kier alpha value is -2.57. The molecule has 7 nitrogen and oxygen atoms in total. The van der Waals surface area contributed by atoms with E-state index in [1.165, 1.54) is 0 Å². The minimum Gasteiger partial charge on any atom is -0.481 e. The number of urea groups is 1. The number of benzene rings is 1. The van der Waals surface area contributed by atoms with Crippen LogP contribution < -0.4 is 5.32 Å². The molecule has 1 unspecified atom stereocenters. The summed E-state index contributed by atoms with van der Waals surface area (Å²) in [7, 11) is 1.67. The van der Waals surface area contributed by atoms with Gasteiger partial charge in [-0.1, -0.05) is 18.2 Å². The maximum atomic E-state index is 12.4. The second-order valence-corrected chi connectivity index (χ2v) is 6.43. The van der Waals surface area contributed by atoms with Crippen LogP contribution in [0.3, 0.4) is 0 Å². The fourth-order valence-corrected chi connectivity index (χ4v) is 3.81. The zero-order chi connectivity index (χ0) is 17.3. The van der Waals surface area contributed by atoms with Gasteiger partial charge in [0.15, 0.2) is 0 Å². The van der Waals surface area contributed by atoms with Gasteiger partial charge in [0.2, 0.25) is 5.91 Å². The Morgan fingerprint density at radius 2 is 1.83 bits per heavy atom. The number of likely N-dealkylation sites (tertiary alicyclic amines) is 2. The predicted molar refractivity (Wildman–Crippen MR) is 87.5 cm³/mol. The molecule has 1 aromatic rings. The van der Waals surface area contributed by atoms with E-state index >= 15 is 0 Å². The molecule has 2 aliphatic heterocycles. The van der Waals surface area contributed by atoms with Crippen molar-refractivity contribution in [1.29, 1.82) is 0 Å². The summed E-state index contributed by atoms with van der Waals surface area (Å²) in [5, 5.41) is 12.3. The smallest absolute Gasteiger partial charge is 0.321 e. The van der Waals surface area contributed by atoms with Crippen molar-refractivity contribution in [2.24, 2.45) is 5.92 Å². The van der Waals surface area contributed by atoms with E-state index in [0.717, 1.165) is 5.69 Å². The minimum absolute atomic E-state index is 0.0437. The second-order valence-electron chi connectivity index (χ2n) is 6.43. The number of piperidine rings is 1. The molecule has 3 amide bonds. The number of para-hydroxylation sites is 1. The number of nitrogens with one attached hydrogen (secondary N) is 1. The van der Waals surface area contributed by atoms with Crippen molar-refractivity contribution >= 4 is 23.6 Å². The Kier molecular flexibility index (Phi) is 4.17. The number of rotatable bonds is 2. The topological polar surface area (TPSA) is 90.0 Å². The zero-order valence-corrected chi connectivity index (χ0v) is 13.6. The fourth-order valence-electron chi connectivity index (χ4n) is 3.81. The number of anilines is 1. The van der Waals surface area contributed by atoms with Crippen molar-refractivity contribution in [3.8, 4) is 0 Å². The van der Waals surface area contributed by atoms with Crippen LogP contribution in [-0.4, -0.2) is 58.5 Å². The van der Waals surface area contributed by atoms with Gasteiger partial charge in [-0.15, -0.1) is 0 Å². The van der Waals surface area contributed by atoms with Crippen LogP contribution in [0.5, 0.6) is 0 Å². The van der Waals surface area contributed by atoms with Crippen molar-refractivity contribution in [3.05, 3.63) is 30.3 Å². The van der Waals surface area contributed by atoms with Crippen LogP contribution in [0.2, 0.25) is 0 Å². The van der Waals surface area contributed by atoms with E-state index in [-0.39, 0.29) is 18.4 Å². The van der Waals surface area contributed by atoms with Gasteiger partial charge in [-0.2, -0.15) is 0 Å². The van der Waals surface area contributed by atoms with Crippen LogP contribution in [0.25, 0.3) is 0 Å². The largest absolute Gasteiger partial charge is 0.481 e.